The fourth-order valence-electron chi connectivity index (χ4n) is 2.56. The van der Waals surface area contributed by atoms with E-state index in [0.717, 1.165) is 25.0 Å². The number of nitro groups is 1. The molecule has 1 aromatic carbocycles. The molecular weight excluding hydrogens is 391 g/mol. The lowest BCUT2D eigenvalue weighted by atomic mass is 10.3. The minimum Gasteiger partial charge on any atom is -0.479 e. The zero-order chi connectivity index (χ0) is 18.9. The molecule has 2 heterocycles. The molecule has 1 aliphatic heterocycles. The number of hydrogen-bond acceptors (Lipinski definition) is 6. The number of halogens is 2. The second-order valence-electron chi connectivity index (χ2n) is 5.61. The highest BCUT2D eigenvalue weighted by molar-refractivity contribution is 7.89. The van der Waals surface area contributed by atoms with Gasteiger partial charge in [-0.2, -0.15) is 4.31 Å². The van der Waals surface area contributed by atoms with E-state index in [0.29, 0.717) is 13.1 Å². The topological polar surface area (TPSA) is 103 Å². The Morgan fingerprint density at radius 3 is 2.65 bits per heavy atom. The molecule has 26 heavy (non-hydrogen) atoms. The molecule has 0 unspecified atom stereocenters. The van der Waals surface area contributed by atoms with Gasteiger partial charge in [0.25, 0.3) is 10.0 Å². The summed E-state index contributed by atoms with van der Waals surface area (Å²) in [6, 6.07) is 4.33. The lowest BCUT2D eigenvalue weighted by molar-refractivity contribution is -0.386. The number of rotatable bonds is 6. The first-order valence-corrected chi connectivity index (χ1v) is 9.46. The van der Waals surface area contributed by atoms with Gasteiger partial charge in [-0.3, -0.25) is 10.1 Å². The first-order valence-electron chi connectivity index (χ1n) is 7.64. The van der Waals surface area contributed by atoms with Crippen LogP contribution in [0.5, 0.6) is 5.75 Å². The molecule has 3 rings (SSSR count). The van der Waals surface area contributed by atoms with Gasteiger partial charge in [0.15, 0.2) is 0 Å². The summed E-state index contributed by atoms with van der Waals surface area (Å²) in [6.45, 7) is 0.563. The van der Waals surface area contributed by atoms with Crippen molar-refractivity contribution in [2.24, 2.45) is 0 Å². The Labute approximate surface area is 153 Å². The third-order valence-corrected chi connectivity index (χ3v) is 5.93. The van der Waals surface area contributed by atoms with E-state index in [-0.39, 0.29) is 23.2 Å². The van der Waals surface area contributed by atoms with E-state index in [9.17, 15) is 22.9 Å². The van der Waals surface area contributed by atoms with E-state index in [1.54, 1.807) is 0 Å². The Morgan fingerprint density at radius 1 is 1.31 bits per heavy atom. The van der Waals surface area contributed by atoms with Gasteiger partial charge in [-0.15, -0.1) is 0 Å². The van der Waals surface area contributed by atoms with Crippen molar-refractivity contribution in [3.8, 4) is 5.75 Å². The van der Waals surface area contributed by atoms with Crippen LogP contribution in [0.1, 0.15) is 18.6 Å². The number of benzene rings is 1. The summed E-state index contributed by atoms with van der Waals surface area (Å²) in [5.74, 6) is -1.08. The largest absolute Gasteiger partial charge is 0.479 e. The van der Waals surface area contributed by atoms with E-state index in [1.807, 2.05) is 0 Å². The van der Waals surface area contributed by atoms with Crippen LogP contribution in [0.4, 0.5) is 10.1 Å². The number of nitro benzene ring substituents is 1. The van der Waals surface area contributed by atoms with Crippen LogP contribution in [0.25, 0.3) is 0 Å². The van der Waals surface area contributed by atoms with Crippen molar-refractivity contribution in [2.75, 3.05) is 13.1 Å². The average Bonchev–Trinajstić information content (AvgIpc) is 3.27. The summed E-state index contributed by atoms with van der Waals surface area (Å²) >= 11 is 5.54. The van der Waals surface area contributed by atoms with Crippen molar-refractivity contribution in [1.29, 1.82) is 0 Å². The molecule has 140 valence electrons. The molecule has 0 saturated carbocycles. The smallest absolute Gasteiger partial charge is 0.312 e. The summed E-state index contributed by atoms with van der Waals surface area (Å²) in [4.78, 5) is 10.3. The molecule has 0 N–H and O–H groups in total. The standard InChI is InChI=1S/C15H14ClFN2O6S/c16-11-7-13(19(20)21)14(8-12(11)17)24-9-10-3-4-15(25-10)26(22,23)18-5-1-2-6-18/h3-4,7-8H,1-2,5-6,9H2. The average molecular weight is 405 g/mol. The zero-order valence-corrected chi connectivity index (χ0v) is 14.9. The van der Waals surface area contributed by atoms with Gasteiger partial charge in [-0.25, -0.2) is 12.8 Å². The van der Waals surface area contributed by atoms with Crippen molar-refractivity contribution in [2.45, 2.75) is 24.5 Å². The van der Waals surface area contributed by atoms with Crippen molar-refractivity contribution < 1.29 is 26.9 Å². The van der Waals surface area contributed by atoms with Crippen LogP contribution in [0, 0.1) is 15.9 Å². The van der Waals surface area contributed by atoms with Gasteiger partial charge >= 0.3 is 5.69 Å². The maximum Gasteiger partial charge on any atom is 0.312 e. The minimum atomic E-state index is -3.71. The molecule has 0 bridgehead atoms. The third-order valence-electron chi connectivity index (χ3n) is 3.86. The van der Waals surface area contributed by atoms with E-state index < -0.39 is 31.5 Å². The summed E-state index contributed by atoms with van der Waals surface area (Å²) in [6.07, 6.45) is 1.59. The molecule has 1 aliphatic rings. The lowest BCUT2D eigenvalue weighted by Crippen LogP contribution is -2.27. The van der Waals surface area contributed by atoms with Gasteiger partial charge in [0.05, 0.1) is 9.95 Å². The SMILES string of the molecule is O=[N+]([O-])c1cc(Cl)c(F)cc1OCc1ccc(S(=O)(=O)N2CCCC2)o1. The second-order valence-corrected chi connectivity index (χ2v) is 7.89. The van der Waals surface area contributed by atoms with Gasteiger partial charge in [-0.1, -0.05) is 11.6 Å². The van der Waals surface area contributed by atoms with Gasteiger partial charge in [0.1, 0.15) is 18.2 Å². The predicted octanol–water partition coefficient (Wildman–Crippen LogP) is 3.34. The molecule has 0 spiro atoms. The Balaban J connectivity index is 1.77. The third kappa shape index (κ3) is 3.67. The normalized spacial score (nSPS) is 15.3. The lowest BCUT2D eigenvalue weighted by Gasteiger charge is -2.12. The highest BCUT2D eigenvalue weighted by Crippen LogP contribution is 2.33. The monoisotopic (exact) mass is 404 g/mol. The molecule has 0 atom stereocenters. The minimum absolute atomic E-state index is 0.132. The zero-order valence-electron chi connectivity index (χ0n) is 13.4. The highest BCUT2D eigenvalue weighted by atomic mass is 35.5. The molecule has 0 aliphatic carbocycles. The summed E-state index contributed by atoms with van der Waals surface area (Å²) in [7, 11) is -3.71. The second kappa shape index (κ2) is 7.22. The van der Waals surface area contributed by atoms with Crippen molar-refractivity contribution in [3.63, 3.8) is 0 Å². The van der Waals surface area contributed by atoms with Gasteiger partial charge in [0, 0.05) is 25.2 Å². The first-order chi connectivity index (χ1) is 12.3. The predicted molar refractivity (Wildman–Crippen MR) is 89.1 cm³/mol. The number of ether oxygens (including phenoxy) is 1. The molecule has 2 aromatic rings. The Morgan fingerprint density at radius 2 is 2.00 bits per heavy atom. The number of hydrogen-bond donors (Lipinski definition) is 0. The molecule has 1 saturated heterocycles. The van der Waals surface area contributed by atoms with Gasteiger partial charge in [0.2, 0.25) is 10.8 Å². The molecule has 8 nitrogen and oxygen atoms in total. The van der Waals surface area contributed by atoms with Crippen LogP contribution >= 0.6 is 11.6 Å². The number of sulfonamides is 1. The maximum atomic E-state index is 13.5. The molecule has 0 radical (unpaired) electrons. The highest BCUT2D eigenvalue weighted by Gasteiger charge is 2.30. The Kier molecular flexibility index (Phi) is 5.17. The summed E-state index contributed by atoms with van der Waals surface area (Å²) in [5.41, 5.74) is -0.507. The quantitative estimate of drug-likeness (QED) is 0.540. The van der Waals surface area contributed by atoms with E-state index in [4.69, 9.17) is 20.8 Å². The molecule has 1 aromatic heterocycles. The first kappa shape index (κ1) is 18.6. The Bertz CT molecular complexity index is 940. The van der Waals surface area contributed by atoms with Crippen molar-refractivity contribution in [1.82, 2.24) is 4.31 Å². The van der Waals surface area contributed by atoms with E-state index in [1.165, 1.54) is 16.4 Å². The van der Waals surface area contributed by atoms with Crippen molar-refractivity contribution in [3.05, 3.63) is 51.0 Å². The summed E-state index contributed by atoms with van der Waals surface area (Å²) in [5, 5.41) is 10.4. The fraction of sp³-hybridized carbons (Fsp3) is 0.333. The van der Waals surface area contributed by atoms with Crippen LogP contribution in [-0.2, 0) is 16.6 Å². The Hall–Kier alpha value is -2.17. The van der Waals surface area contributed by atoms with Crippen LogP contribution in [0.2, 0.25) is 5.02 Å². The van der Waals surface area contributed by atoms with Crippen LogP contribution in [0.3, 0.4) is 0 Å². The number of nitrogens with zero attached hydrogens (tertiary/aromatic N) is 2. The summed E-state index contributed by atoms with van der Waals surface area (Å²) < 4.78 is 50.2. The van der Waals surface area contributed by atoms with E-state index >= 15 is 0 Å². The molecule has 1 fully saturated rings. The van der Waals surface area contributed by atoms with Gasteiger partial charge < -0.3 is 9.15 Å². The molecular formula is C15H14ClFN2O6S. The number of furan rings is 1. The molecule has 11 heteroatoms. The van der Waals surface area contributed by atoms with Gasteiger partial charge in [-0.05, 0) is 25.0 Å². The van der Waals surface area contributed by atoms with Crippen LogP contribution in [0.15, 0.2) is 33.8 Å². The maximum absolute atomic E-state index is 13.5. The molecule has 0 amide bonds. The van der Waals surface area contributed by atoms with Crippen molar-refractivity contribution >= 4 is 27.3 Å². The fourth-order valence-corrected chi connectivity index (χ4v) is 4.16. The van der Waals surface area contributed by atoms with Crippen LogP contribution in [-0.4, -0.2) is 30.7 Å². The van der Waals surface area contributed by atoms with E-state index in [2.05, 4.69) is 0 Å². The van der Waals surface area contributed by atoms with Crippen LogP contribution < -0.4 is 4.74 Å².